The van der Waals surface area contributed by atoms with Crippen molar-refractivity contribution in [2.45, 2.75) is 33.6 Å². The number of para-hydroxylation sites is 1. The fourth-order valence-electron chi connectivity index (χ4n) is 2.37. The van der Waals surface area contributed by atoms with Crippen LogP contribution in [0.5, 0.6) is 0 Å². The highest BCUT2D eigenvalue weighted by atomic mass is 16.6. The van der Waals surface area contributed by atoms with Gasteiger partial charge in [-0.05, 0) is 30.9 Å². The third kappa shape index (κ3) is 5.60. The lowest BCUT2D eigenvalue weighted by Crippen LogP contribution is -2.32. The lowest BCUT2D eigenvalue weighted by atomic mass is 9.98. The summed E-state index contributed by atoms with van der Waals surface area (Å²) >= 11 is 0. The van der Waals surface area contributed by atoms with Gasteiger partial charge in [0.15, 0.2) is 0 Å². The Balaban J connectivity index is 3.13. The van der Waals surface area contributed by atoms with Gasteiger partial charge in [0.25, 0.3) is 5.91 Å². The van der Waals surface area contributed by atoms with Crippen LogP contribution >= 0.6 is 0 Å². The first-order valence-corrected chi connectivity index (χ1v) is 8.51. The molecule has 0 aliphatic heterocycles. The van der Waals surface area contributed by atoms with E-state index in [0.717, 1.165) is 16.0 Å². The molecule has 0 radical (unpaired) electrons. The monoisotopic (exact) mass is 358 g/mol. The molecule has 0 aliphatic carbocycles. The second-order valence-corrected chi connectivity index (χ2v) is 5.98. The van der Waals surface area contributed by atoms with Crippen LogP contribution in [0.2, 0.25) is 0 Å². The average Bonchev–Trinajstić information content (AvgIpc) is 2.60. The molecule has 0 saturated carbocycles. The standard InChI is InChI=1S/C19H26N4O3/c1-5-26-19(25)23(10-9-20)12-15(11-21)18(24)22-17-14(4)7-6-8-16(17)13(2)3/h6-8,12-13H,5,9-10,20H2,1-4H3,(H,22,24)/b15-12-. The lowest BCUT2D eigenvalue weighted by molar-refractivity contribution is -0.112. The lowest BCUT2D eigenvalue weighted by Gasteiger charge is -2.18. The molecule has 0 bridgehead atoms. The van der Waals surface area contributed by atoms with Gasteiger partial charge in [0.1, 0.15) is 11.6 Å². The molecular formula is C19H26N4O3. The van der Waals surface area contributed by atoms with Crippen molar-refractivity contribution in [1.82, 2.24) is 4.90 Å². The third-order valence-electron chi connectivity index (χ3n) is 3.69. The first-order chi connectivity index (χ1) is 12.3. The largest absolute Gasteiger partial charge is 0.449 e. The molecule has 140 valence electrons. The molecule has 1 rings (SSSR count). The number of hydrogen-bond donors (Lipinski definition) is 2. The Kier molecular flexibility index (Phi) is 8.32. The highest BCUT2D eigenvalue weighted by molar-refractivity contribution is 6.07. The second-order valence-electron chi connectivity index (χ2n) is 5.98. The summed E-state index contributed by atoms with van der Waals surface area (Å²) < 4.78 is 4.92. The highest BCUT2D eigenvalue weighted by Gasteiger charge is 2.18. The number of carbonyl (C=O) groups excluding carboxylic acids is 2. The zero-order chi connectivity index (χ0) is 19.7. The van der Waals surface area contributed by atoms with Gasteiger partial charge in [-0.15, -0.1) is 0 Å². The van der Waals surface area contributed by atoms with Gasteiger partial charge in [0, 0.05) is 25.0 Å². The van der Waals surface area contributed by atoms with E-state index in [0.29, 0.717) is 5.69 Å². The number of rotatable bonds is 7. The number of hydrogen-bond acceptors (Lipinski definition) is 5. The van der Waals surface area contributed by atoms with E-state index in [1.54, 1.807) is 6.92 Å². The van der Waals surface area contributed by atoms with Crippen LogP contribution in [0.15, 0.2) is 30.0 Å². The number of aryl methyl sites for hydroxylation is 1. The second kappa shape index (κ2) is 10.2. The van der Waals surface area contributed by atoms with E-state index in [2.05, 4.69) is 5.32 Å². The fraction of sp³-hybridized carbons (Fsp3) is 0.421. The molecule has 1 aromatic carbocycles. The number of nitrogens with zero attached hydrogens (tertiary/aromatic N) is 2. The zero-order valence-electron chi connectivity index (χ0n) is 15.7. The van der Waals surface area contributed by atoms with Crippen molar-refractivity contribution in [3.63, 3.8) is 0 Å². The summed E-state index contributed by atoms with van der Waals surface area (Å²) in [6.07, 6.45) is 0.519. The van der Waals surface area contributed by atoms with E-state index in [4.69, 9.17) is 10.5 Å². The summed E-state index contributed by atoms with van der Waals surface area (Å²) in [5.74, 6) is -0.386. The van der Waals surface area contributed by atoms with E-state index >= 15 is 0 Å². The van der Waals surface area contributed by atoms with E-state index < -0.39 is 12.0 Å². The molecule has 7 nitrogen and oxygen atoms in total. The van der Waals surface area contributed by atoms with Crippen LogP contribution in [0.1, 0.15) is 37.8 Å². The van der Waals surface area contributed by atoms with Crippen LogP contribution < -0.4 is 11.1 Å². The number of amides is 2. The zero-order valence-corrected chi connectivity index (χ0v) is 15.7. The number of nitrogens with one attached hydrogen (secondary N) is 1. The van der Waals surface area contributed by atoms with Crippen LogP contribution in [0.4, 0.5) is 10.5 Å². The maximum absolute atomic E-state index is 12.6. The summed E-state index contributed by atoms with van der Waals surface area (Å²) in [5.41, 5.74) is 7.83. The molecule has 0 saturated heterocycles. The minimum Gasteiger partial charge on any atom is -0.449 e. The minimum atomic E-state index is -0.655. The quantitative estimate of drug-likeness (QED) is 0.575. The van der Waals surface area contributed by atoms with Crippen LogP contribution in [-0.2, 0) is 9.53 Å². The molecule has 26 heavy (non-hydrogen) atoms. The Morgan fingerprint density at radius 3 is 2.65 bits per heavy atom. The van der Waals surface area contributed by atoms with Crippen molar-refractivity contribution < 1.29 is 14.3 Å². The van der Waals surface area contributed by atoms with Crippen molar-refractivity contribution in [3.05, 3.63) is 41.1 Å². The van der Waals surface area contributed by atoms with Gasteiger partial charge >= 0.3 is 6.09 Å². The molecule has 2 amide bonds. The van der Waals surface area contributed by atoms with Crippen molar-refractivity contribution in [2.75, 3.05) is 25.0 Å². The van der Waals surface area contributed by atoms with E-state index in [1.165, 1.54) is 6.20 Å². The van der Waals surface area contributed by atoms with Crippen LogP contribution in [0, 0.1) is 18.3 Å². The summed E-state index contributed by atoms with van der Waals surface area (Å²) in [6.45, 7) is 8.10. The van der Waals surface area contributed by atoms with Crippen molar-refractivity contribution in [2.24, 2.45) is 5.73 Å². The van der Waals surface area contributed by atoms with Gasteiger partial charge in [-0.1, -0.05) is 32.0 Å². The normalized spacial score (nSPS) is 11.0. The molecule has 0 fully saturated rings. The third-order valence-corrected chi connectivity index (χ3v) is 3.69. The minimum absolute atomic E-state index is 0.138. The van der Waals surface area contributed by atoms with Crippen LogP contribution in [-0.4, -0.2) is 36.6 Å². The number of benzene rings is 1. The summed E-state index contributed by atoms with van der Waals surface area (Å²) in [6, 6.07) is 7.58. The first kappa shape index (κ1) is 21.2. The van der Waals surface area contributed by atoms with E-state index in [-0.39, 0.29) is 31.2 Å². The Hall–Kier alpha value is -2.85. The maximum atomic E-state index is 12.6. The Labute approximate surface area is 154 Å². The summed E-state index contributed by atoms with van der Waals surface area (Å²) in [4.78, 5) is 25.6. The molecule has 0 aromatic heterocycles. The predicted molar refractivity (Wildman–Crippen MR) is 100 cm³/mol. The van der Waals surface area contributed by atoms with Crippen molar-refractivity contribution in [3.8, 4) is 6.07 Å². The maximum Gasteiger partial charge on any atom is 0.413 e. The Morgan fingerprint density at radius 2 is 2.12 bits per heavy atom. The molecule has 0 spiro atoms. The fourth-order valence-corrected chi connectivity index (χ4v) is 2.37. The Morgan fingerprint density at radius 1 is 1.42 bits per heavy atom. The van der Waals surface area contributed by atoms with Gasteiger partial charge < -0.3 is 15.8 Å². The average molecular weight is 358 g/mol. The number of nitrogens with two attached hydrogens (primary N) is 1. The van der Waals surface area contributed by atoms with Gasteiger partial charge in [-0.25, -0.2) is 4.79 Å². The SMILES string of the molecule is CCOC(=O)N(/C=C(/C#N)C(=O)Nc1c(C)cccc1C(C)C)CCN. The topological polar surface area (TPSA) is 108 Å². The van der Waals surface area contributed by atoms with Crippen molar-refractivity contribution >= 4 is 17.7 Å². The van der Waals surface area contributed by atoms with E-state index in [9.17, 15) is 14.9 Å². The number of ether oxygens (including phenoxy) is 1. The van der Waals surface area contributed by atoms with Gasteiger partial charge in [-0.3, -0.25) is 9.69 Å². The van der Waals surface area contributed by atoms with Gasteiger partial charge in [0.2, 0.25) is 0 Å². The van der Waals surface area contributed by atoms with Gasteiger partial charge in [0.05, 0.1) is 6.61 Å². The Bertz CT molecular complexity index is 720. The molecule has 7 heteroatoms. The molecule has 3 N–H and O–H groups in total. The highest BCUT2D eigenvalue weighted by Crippen LogP contribution is 2.27. The molecular weight excluding hydrogens is 332 g/mol. The van der Waals surface area contributed by atoms with Crippen LogP contribution in [0.25, 0.3) is 0 Å². The number of nitriles is 1. The molecule has 0 heterocycles. The molecule has 0 atom stereocenters. The number of anilines is 1. The predicted octanol–water partition coefficient (Wildman–Crippen LogP) is 2.88. The summed E-state index contributed by atoms with van der Waals surface area (Å²) in [7, 11) is 0. The molecule has 0 aliphatic rings. The van der Waals surface area contributed by atoms with Gasteiger partial charge in [-0.2, -0.15) is 5.26 Å². The van der Waals surface area contributed by atoms with Crippen molar-refractivity contribution in [1.29, 1.82) is 5.26 Å². The number of carbonyl (C=O) groups is 2. The smallest absolute Gasteiger partial charge is 0.413 e. The summed E-state index contributed by atoms with van der Waals surface area (Å²) in [5, 5.41) is 12.2. The first-order valence-electron chi connectivity index (χ1n) is 8.51. The van der Waals surface area contributed by atoms with E-state index in [1.807, 2.05) is 45.0 Å². The molecule has 1 aromatic rings. The molecule has 0 unspecified atom stereocenters. The van der Waals surface area contributed by atoms with Crippen LogP contribution in [0.3, 0.4) is 0 Å².